The molecule has 0 aliphatic carbocycles. The summed E-state index contributed by atoms with van der Waals surface area (Å²) in [6.45, 7) is 2.86. The summed E-state index contributed by atoms with van der Waals surface area (Å²) in [6.07, 6.45) is 5.05. The Kier molecular flexibility index (Phi) is 5.13. The van der Waals surface area contributed by atoms with Gasteiger partial charge in [0.25, 0.3) is 11.5 Å². The Hall–Kier alpha value is -3.46. The first-order chi connectivity index (χ1) is 14.0. The number of hydrogen-bond donors (Lipinski definition) is 1. The van der Waals surface area contributed by atoms with E-state index >= 15 is 0 Å². The number of carbonyl (C=O) groups excluding carboxylic acids is 1. The fourth-order valence-electron chi connectivity index (χ4n) is 2.97. The lowest BCUT2D eigenvalue weighted by atomic mass is 10.2. The number of fused-ring (bicyclic) bond motifs is 1. The van der Waals surface area contributed by atoms with Gasteiger partial charge in [0.1, 0.15) is 17.2 Å². The van der Waals surface area contributed by atoms with Crippen LogP contribution in [0.1, 0.15) is 15.2 Å². The van der Waals surface area contributed by atoms with Crippen molar-refractivity contribution >= 4 is 33.1 Å². The van der Waals surface area contributed by atoms with E-state index in [1.54, 1.807) is 37.0 Å². The Bertz CT molecular complexity index is 1230. The molecule has 29 heavy (non-hydrogen) atoms. The predicted molar refractivity (Wildman–Crippen MR) is 112 cm³/mol. The minimum Gasteiger partial charge on any atom is -0.492 e. The second-order valence-corrected chi connectivity index (χ2v) is 7.50. The largest absolute Gasteiger partial charge is 0.492 e. The van der Waals surface area contributed by atoms with Crippen molar-refractivity contribution in [3.63, 3.8) is 0 Å². The van der Waals surface area contributed by atoms with Crippen molar-refractivity contribution < 1.29 is 9.53 Å². The van der Waals surface area contributed by atoms with E-state index in [4.69, 9.17) is 4.74 Å². The third kappa shape index (κ3) is 3.90. The lowest BCUT2D eigenvalue weighted by molar-refractivity contribution is 0.103. The van der Waals surface area contributed by atoms with Gasteiger partial charge in [-0.2, -0.15) is 5.10 Å². The Morgan fingerprint density at radius 2 is 2.17 bits per heavy atom. The summed E-state index contributed by atoms with van der Waals surface area (Å²) in [5.41, 5.74) is 1.10. The lowest BCUT2D eigenvalue weighted by Crippen LogP contribution is -2.17. The monoisotopic (exact) mass is 409 g/mol. The summed E-state index contributed by atoms with van der Waals surface area (Å²) in [5.74, 6) is 0.375. The first kappa shape index (κ1) is 18.9. The topological polar surface area (TPSA) is 91.0 Å². The number of aromatic nitrogens is 4. The standard InChI is InChI=1S/C20H19N5O3S/c1-13-16-19(21-12-24(2)20(16)27)29-17(13)18(26)23-14-5-3-6-15(11-14)28-10-9-25-8-4-7-22-25/h3-8,11-12H,9-10H2,1-2H3,(H,23,26). The van der Waals surface area contributed by atoms with Gasteiger partial charge in [0.15, 0.2) is 0 Å². The van der Waals surface area contributed by atoms with Gasteiger partial charge >= 0.3 is 0 Å². The molecule has 1 amide bonds. The van der Waals surface area contributed by atoms with Crippen LogP contribution in [0.5, 0.6) is 5.75 Å². The van der Waals surface area contributed by atoms with Gasteiger partial charge in [-0.15, -0.1) is 11.3 Å². The average molecular weight is 409 g/mol. The zero-order chi connectivity index (χ0) is 20.4. The molecule has 0 saturated heterocycles. The van der Waals surface area contributed by atoms with Crippen molar-refractivity contribution in [1.82, 2.24) is 19.3 Å². The highest BCUT2D eigenvalue weighted by molar-refractivity contribution is 7.20. The fourth-order valence-corrected chi connectivity index (χ4v) is 4.00. The molecule has 0 fully saturated rings. The molecule has 1 N–H and O–H groups in total. The van der Waals surface area contributed by atoms with Crippen molar-refractivity contribution in [2.24, 2.45) is 7.05 Å². The quantitative estimate of drug-likeness (QED) is 0.529. The van der Waals surface area contributed by atoms with E-state index in [-0.39, 0.29) is 11.5 Å². The van der Waals surface area contributed by atoms with Gasteiger partial charge in [0.05, 0.1) is 23.1 Å². The lowest BCUT2D eigenvalue weighted by Gasteiger charge is -2.09. The van der Waals surface area contributed by atoms with E-state index in [2.05, 4.69) is 15.4 Å². The number of rotatable bonds is 6. The van der Waals surface area contributed by atoms with Crippen LogP contribution in [0.3, 0.4) is 0 Å². The van der Waals surface area contributed by atoms with E-state index in [1.807, 2.05) is 24.4 Å². The van der Waals surface area contributed by atoms with Crippen molar-refractivity contribution in [3.8, 4) is 5.75 Å². The molecule has 4 rings (SSSR count). The Morgan fingerprint density at radius 3 is 2.97 bits per heavy atom. The average Bonchev–Trinajstić information content (AvgIpc) is 3.33. The van der Waals surface area contributed by atoms with E-state index in [1.165, 1.54) is 22.2 Å². The number of carbonyl (C=O) groups is 1. The molecule has 3 aromatic heterocycles. The fraction of sp³-hybridized carbons (Fsp3) is 0.200. The zero-order valence-electron chi connectivity index (χ0n) is 16.0. The van der Waals surface area contributed by atoms with Gasteiger partial charge in [-0.05, 0) is 30.7 Å². The van der Waals surface area contributed by atoms with Crippen LogP contribution in [0.25, 0.3) is 10.2 Å². The van der Waals surface area contributed by atoms with E-state index in [9.17, 15) is 9.59 Å². The first-order valence-corrected chi connectivity index (χ1v) is 9.81. The second kappa shape index (κ2) is 7.88. The molecule has 0 saturated carbocycles. The summed E-state index contributed by atoms with van der Waals surface area (Å²) >= 11 is 1.21. The van der Waals surface area contributed by atoms with Crippen LogP contribution < -0.4 is 15.6 Å². The van der Waals surface area contributed by atoms with Crippen LogP contribution in [-0.2, 0) is 13.6 Å². The van der Waals surface area contributed by atoms with Crippen molar-refractivity contribution in [1.29, 1.82) is 0 Å². The molecule has 0 radical (unpaired) electrons. The summed E-state index contributed by atoms with van der Waals surface area (Å²) in [4.78, 5) is 30.4. The minimum absolute atomic E-state index is 0.157. The minimum atomic E-state index is -0.277. The maximum absolute atomic E-state index is 12.8. The Morgan fingerprint density at radius 1 is 1.31 bits per heavy atom. The van der Waals surface area contributed by atoms with Crippen molar-refractivity contribution in [2.75, 3.05) is 11.9 Å². The molecule has 0 atom stereocenters. The van der Waals surface area contributed by atoms with E-state index in [0.29, 0.717) is 45.2 Å². The van der Waals surface area contributed by atoms with Crippen LogP contribution in [0.4, 0.5) is 5.69 Å². The molecule has 3 heterocycles. The number of nitrogens with zero attached hydrogens (tertiary/aromatic N) is 4. The Labute approximate surface area is 170 Å². The van der Waals surface area contributed by atoms with Crippen LogP contribution in [0.2, 0.25) is 0 Å². The number of anilines is 1. The third-order valence-electron chi connectivity index (χ3n) is 4.46. The first-order valence-electron chi connectivity index (χ1n) is 8.99. The van der Waals surface area contributed by atoms with Crippen LogP contribution in [0, 0.1) is 6.92 Å². The zero-order valence-corrected chi connectivity index (χ0v) is 16.8. The van der Waals surface area contributed by atoms with Crippen molar-refractivity contribution in [3.05, 3.63) is 69.8 Å². The van der Waals surface area contributed by atoms with Gasteiger partial charge in [-0.3, -0.25) is 14.3 Å². The number of thiophene rings is 1. The van der Waals surface area contributed by atoms with Gasteiger partial charge in [0.2, 0.25) is 0 Å². The van der Waals surface area contributed by atoms with Gasteiger partial charge < -0.3 is 14.6 Å². The molecular weight excluding hydrogens is 390 g/mol. The summed E-state index contributed by atoms with van der Waals surface area (Å²) < 4.78 is 8.94. The van der Waals surface area contributed by atoms with Gasteiger partial charge in [0, 0.05) is 31.2 Å². The van der Waals surface area contributed by atoms with Crippen LogP contribution in [0.15, 0.2) is 53.8 Å². The van der Waals surface area contributed by atoms with Gasteiger partial charge in [-0.1, -0.05) is 6.07 Å². The van der Waals surface area contributed by atoms with Gasteiger partial charge in [-0.25, -0.2) is 4.98 Å². The number of amides is 1. The number of benzene rings is 1. The molecule has 9 heteroatoms. The third-order valence-corrected chi connectivity index (χ3v) is 5.66. The number of ether oxygens (including phenoxy) is 1. The molecular formula is C20H19N5O3S. The molecule has 8 nitrogen and oxygen atoms in total. The molecule has 1 aromatic carbocycles. The number of nitrogens with one attached hydrogen (secondary N) is 1. The SMILES string of the molecule is Cc1c(C(=O)Nc2cccc(OCCn3cccn3)c2)sc2ncn(C)c(=O)c12. The Balaban J connectivity index is 1.48. The smallest absolute Gasteiger partial charge is 0.266 e. The molecule has 0 unspecified atom stereocenters. The summed E-state index contributed by atoms with van der Waals surface area (Å²) in [5, 5.41) is 7.49. The molecule has 148 valence electrons. The normalized spacial score (nSPS) is 11.0. The van der Waals surface area contributed by atoms with E-state index in [0.717, 1.165) is 0 Å². The predicted octanol–water partition coefficient (Wildman–Crippen LogP) is 2.83. The van der Waals surface area contributed by atoms with E-state index < -0.39 is 0 Å². The highest BCUT2D eigenvalue weighted by atomic mass is 32.1. The molecule has 0 spiro atoms. The molecule has 0 bridgehead atoms. The second-order valence-electron chi connectivity index (χ2n) is 6.50. The molecule has 0 aliphatic heterocycles. The van der Waals surface area contributed by atoms with Crippen molar-refractivity contribution in [2.45, 2.75) is 13.5 Å². The maximum Gasteiger partial charge on any atom is 0.266 e. The highest BCUT2D eigenvalue weighted by Gasteiger charge is 2.19. The number of hydrogen-bond acceptors (Lipinski definition) is 6. The summed E-state index contributed by atoms with van der Waals surface area (Å²) in [6, 6.07) is 9.06. The summed E-state index contributed by atoms with van der Waals surface area (Å²) in [7, 11) is 1.64. The number of aryl methyl sites for hydroxylation is 2. The maximum atomic E-state index is 12.8. The highest BCUT2D eigenvalue weighted by Crippen LogP contribution is 2.28. The molecule has 0 aliphatic rings. The molecule has 4 aromatic rings. The van der Waals surface area contributed by atoms with Crippen LogP contribution >= 0.6 is 11.3 Å². The van der Waals surface area contributed by atoms with Crippen LogP contribution in [-0.4, -0.2) is 31.8 Å².